The number of nitrogens with zero attached hydrogens (tertiary/aromatic N) is 3. The first-order valence-electron chi connectivity index (χ1n) is 7.10. The second kappa shape index (κ2) is 7.74. The van der Waals surface area contributed by atoms with Crippen LogP contribution in [0.5, 0.6) is 5.75 Å². The van der Waals surface area contributed by atoms with Crippen LogP contribution in [-0.2, 0) is 11.3 Å². The van der Waals surface area contributed by atoms with Crippen LogP contribution >= 0.6 is 0 Å². The largest absolute Gasteiger partial charge is 0.484 e. The Morgan fingerprint density at radius 2 is 2.00 bits per heavy atom. The number of nitriles is 1. The Morgan fingerprint density at radius 3 is 2.62 bits per heavy atom. The van der Waals surface area contributed by atoms with Crippen LogP contribution in [-0.4, -0.2) is 29.4 Å². The Morgan fingerprint density at radius 1 is 1.29 bits per heavy atom. The third kappa shape index (κ3) is 4.55. The monoisotopic (exact) mass is 325 g/mol. The van der Waals surface area contributed by atoms with Gasteiger partial charge in [-0.3, -0.25) is 14.9 Å². The highest BCUT2D eigenvalue weighted by molar-refractivity contribution is 5.77. The van der Waals surface area contributed by atoms with E-state index in [0.29, 0.717) is 17.9 Å². The van der Waals surface area contributed by atoms with Crippen LogP contribution in [0, 0.1) is 21.4 Å². The van der Waals surface area contributed by atoms with E-state index >= 15 is 0 Å². The molecule has 0 aliphatic heterocycles. The summed E-state index contributed by atoms with van der Waals surface area (Å²) in [6.45, 7) is 0.185. The molecule has 122 valence electrons. The van der Waals surface area contributed by atoms with E-state index in [2.05, 4.69) is 6.07 Å². The van der Waals surface area contributed by atoms with Crippen molar-refractivity contribution in [3.8, 4) is 11.8 Å². The van der Waals surface area contributed by atoms with Crippen molar-refractivity contribution < 1.29 is 14.5 Å². The molecule has 0 heterocycles. The van der Waals surface area contributed by atoms with Gasteiger partial charge in [0.25, 0.3) is 11.6 Å². The molecule has 0 aromatic heterocycles. The highest BCUT2D eigenvalue weighted by Gasteiger charge is 2.11. The SMILES string of the molecule is CN(Cc1cccc(C#N)c1)C(=O)COc1ccc([N+](=O)[O-])cc1. The van der Waals surface area contributed by atoms with Gasteiger partial charge in [0, 0.05) is 25.7 Å². The average Bonchev–Trinajstić information content (AvgIpc) is 2.60. The molecule has 2 rings (SSSR count). The molecular formula is C17H15N3O4. The van der Waals surface area contributed by atoms with Crippen LogP contribution in [0.25, 0.3) is 0 Å². The maximum absolute atomic E-state index is 12.1. The number of ether oxygens (including phenoxy) is 1. The predicted molar refractivity (Wildman–Crippen MR) is 86.2 cm³/mol. The number of amides is 1. The van der Waals surface area contributed by atoms with Gasteiger partial charge in [0.1, 0.15) is 5.75 Å². The number of carbonyl (C=O) groups is 1. The topological polar surface area (TPSA) is 96.5 Å². The van der Waals surface area contributed by atoms with Crippen molar-refractivity contribution in [2.75, 3.05) is 13.7 Å². The van der Waals surface area contributed by atoms with Crippen LogP contribution in [0.3, 0.4) is 0 Å². The number of rotatable bonds is 6. The second-order valence-electron chi connectivity index (χ2n) is 5.10. The summed E-state index contributed by atoms with van der Waals surface area (Å²) in [5.41, 5.74) is 1.35. The van der Waals surface area contributed by atoms with Gasteiger partial charge in [-0.05, 0) is 29.8 Å². The van der Waals surface area contributed by atoms with Crippen LogP contribution < -0.4 is 4.74 Å². The molecule has 24 heavy (non-hydrogen) atoms. The number of non-ortho nitro benzene ring substituents is 1. The molecule has 2 aromatic carbocycles. The molecule has 0 N–H and O–H groups in total. The fraction of sp³-hybridized carbons (Fsp3) is 0.176. The van der Waals surface area contributed by atoms with Gasteiger partial charge in [0.2, 0.25) is 0 Å². The van der Waals surface area contributed by atoms with E-state index in [4.69, 9.17) is 10.00 Å². The van der Waals surface area contributed by atoms with Gasteiger partial charge in [-0.25, -0.2) is 0 Å². The highest BCUT2D eigenvalue weighted by atomic mass is 16.6. The maximum atomic E-state index is 12.1. The van der Waals surface area contributed by atoms with Crippen molar-refractivity contribution in [1.82, 2.24) is 4.90 Å². The lowest BCUT2D eigenvalue weighted by Crippen LogP contribution is -2.30. The van der Waals surface area contributed by atoms with Gasteiger partial charge in [-0.1, -0.05) is 12.1 Å². The number of nitro groups is 1. The zero-order valence-electron chi connectivity index (χ0n) is 13.0. The third-order valence-electron chi connectivity index (χ3n) is 3.31. The zero-order chi connectivity index (χ0) is 17.5. The number of hydrogen-bond donors (Lipinski definition) is 0. The minimum Gasteiger partial charge on any atom is -0.484 e. The molecule has 0 fully saturated rings. The van der Waals surface area contributed by atoms with Gasteiger partial charge in [-0.15, -0.1) is 0 Å². The summed E-state index contributed by atoms with van der Waals surface area (Å²) < 4.78 is 5.34. The smallest absolute Gasteiger partial charge is 0.269 e. The van der Waals surface area contributed by atoms with E-state index in [-0.39, 0.29) is 18.2 Å². The van der Waals surface area contributed by atoms with Gasteiger partial charge in [0.05, 0.1) is 16.6 Å². The van der Waals surface area contributed by atoms with Gasteiger partial charge in [0.15, 0.2) is 6.61 Å². The van der Waals surface area contributed by atoms with Crippen LogP contribution in [0.4, 0.5) is 5.69 Å². The van der Waals surface area contributed by atoms with Crippen molar-refractivity contribution in [3.05, 3.63) is 69.8 Å². The molecule has 0 unspecified atom stereocenters. The molecule has 0 aliphatic carbocycles. The molecule has 0 spiro atoms. The van der Waals surface area contributed by atoms with Crippen molar-refractivity contribution in [1.29, 1.82) is 5.26 Å². The maximum Gasteiger partial charge on any atom is 0.269 e. The molecule has 1 amide bonds. The van der Waals surface area contributed by atoms with E-state index < -0.39 is 4.92 Å². The molecule has 7 heteroatoms. The standard InChI is InChI=1S/C17H15N3O4/c1-19(11-14-4-2-3-13(9-14)10-18)17(21)12-24-16-7-5-15(6-8-16)20(22)23/h2-9H,11-12H2,1H3. The average molecular weight is 325 g/mol. The summed E-state index contributed by atoms with van der Waals surface area (Å²) in [7, 11) is 1.64. The Kier molecular flexibility index (Phi) is 5.47. The molecular weight excluding hydrogens is 310 g/mol. The van der Waals surface area contributed by atoms with Crippen LogP contribution in [0.15, 0.2) is 48.5 Å². The summed E-state index contributed by atoms with van der Waals surface area (Å²) >= 11 is 0. The quantitative estimate of drug-likeness (QED) is 0.600. The molecule has 7 nitrogen and oxygen atoms in total. The first-order chi connectivity index (χ1) is 11.5. The number of likely N-dealkylation sites (N-methyl/N-ethyl adjacent to an activating group) is 1. The minimum absolute atomic E-state index is 0.0387. The van der Waals surface area contributed by atoms with Crippen molar-refractivity contribution in [2.45, 2.75) is 6.54 Å². The third-order valence-corrected chi connectivity index (χ3v) is 3.31. The van der Waals surface area contributed by atoms with E-state index in [9.17, 15) is 14.9 Å². The van der Waals surface area contributed by atoms with Crippen LogP contribution in [0.1, 0.15) is 11.1 Å². The van der Waals surface area contributed by atoms with E-state index in [0.717, 1.165) is 5.56 Å². The highest BCUT2D eigenvalue weighted by Crippen LogP contribution is 2.17. The summed E-state index contributed by atoms with van der Waals surface area (Å²) in [6.07, 6.45) is 0. The first kappa shape index (κ1) is 17.0. The normalized spacial score (nSPS) is 9.83. The Bertz CT molecular complexity index is 781. The lowest BCUT2D eigenvalue weighted by molar-refractivity contribution is -0.384. The lowest BCUT2D eigenvalue weighted by Gasteiger charge is -2.17. The fourth-order valence-electron chi connectivity index (χ4n) is 2.02. The molecule has 0 atom stereocenters. The Labute approximate surface area is 138 Å². The van der Waals surface area contributed by atoms with Crippen molar-refractivity contribution in [2.24, 2.45) is 0 Å². The molecule has 0 saturated heterocycles. The number of benzene rings is 2. The molecule has 0 radical (unpaired) electrons. The first-order valence-corrected chi connectivity index (χ1v) is 7.10. The van der Waals surface area contributed by atoms with Gasteiger partial charge < -0.3 is 9.64 Å². The molecule has 0 saturated carbocycles. The Hall–Kier alpha value is -3.40. The van der Waals surface area contributed by atoms with Crippen molar-refractivity contribution in [3.63, 3.8) is 0 Å². The number of carbonyl (C=O) groups excluding carboxylic acids is 1. The predicted octanol–water partition coefficient (Wildman–Crippen LogP) is 2.50. The van der Waals surface area contributed by atoms with E-state index in [1.807, 2.05) is 6.07 Å². The number of nitro benzene ring substituents is 1. The van der Waals surface area contributed by atoms with Gasteiger partial charge >= 0.3 is 0 Å². The van der Waals surface area contributed by atoms with E-state index in [1.165, 1.54) is 29.2 Å². The fourth-order valence-corrected chi connectivity index (χ4v) is 2.02. The molecule has 0 aliphatic rings. The summed E-state index contributed by atoms with van der Waals surface area (Å²) in [5.74, 6) is 0.143. The zero-order valence-corrected chi connectivity index (χ0v) is 13.0. The summed E-state index contributed by atoms with van der Waals surface area (Å²) in [5, 5.41) is 19.4. The van der Waals surface area contributed by atoms with Crippen LogP contribution in [0.2, 0.25) is 0 Å². The van der Waals surface area contributed by atoms with Gasteiger partial charge in [-0.2, -0.15) is 5.26 Å². The second-order valence-corrected chi connectivity index (χ2v) is 5.10. The minimum atomic E-state index is -0.502. The summed E-state index contributed by atoms with van der Waals surface area (Å²) in [6, 6.07) is 14.6. The molecule has 2 aromatic rings. The summed E-state index contributed by atoms with van der Waals surface area (Å²) in [4.78, 5) is 23.6. The molecule has 0 bridgehead atoms. The lowest BCUT2D eigenvalue weighted by atomic mass is 10.1. The van der Waals surface area contributed by atoms with Crippen molar-refractivity contribution >= 4 is 11.6 Å². The van der Waals surface area contributed by atoms with E-state index in [1.54, 1.807) is 25.2 Å². The Balaban J connectivity index is 1.89. The number of hydrogen-bond acceptors (Lipinski definition) is 5.